The first-order valence-electron chi connectivity index (χ1n) is 9.46. The van der Waals surface area contributed by atoms with E-state index >= 15 is 0 Å². The summed E-state index contributed by atoms with van der Waals surface area (Å²) >= 11 is 0. The predicted molar refractivity (Wildman–Crippen MR) is 109 cm³/mol. The van der Waals surface area contributed by atoms with E-state index in [1.807, 2.05) is 60.3 Å². The standard InChI is InChI=1S/C23H23N3O2/c1-3-16-9-10-19-18(15-28-20(19)13-16)14-21(27)25-22(17-7-5-4-6-8-17)23-24-11-12-26(23)2/h4-13,15,22H,3,14H2,1-2H3,(H,25,27)/t22-/m0/s1. The van der Waals surface area contributed by atoms with Gasteiger partial charge in [0.2, 0.25) is 5.91 Å². The first kappa shape index (κ1) is 18.0. The van der Waals surface area contributed by atoms with Crippen LogP contribution in [0, 0.1) is 0 Å². The zero-order chi connectivity index (χ0) is 19.5. The number of amides is 1. The summed E-state index contributed by atoms with van der Waals surface area (Å²) in [6.45, 7) is 2.11. The zero-order valence-electron chi connectivity index (χ0n) is 16.1. The van der Waals surface area contributed by atoms with E-state index in [0.717, 1.165) is 34.3 Å². The van der Waals surface area contributed by atoms with E-state index in [9.17, 15) is 4.79 Å². The number of furan rings is 1. The Hall–Kier alpha value is -3.34. The SMILES string of the molecule is CCc1ccc2c(CC(=O)N[C@@H](c3ccccc3)c3nccn3C)coc2c1. The van der Waals surface area contributed by atoms with Gasteiger partial charge in [-0.2, -0.15) is 0 Å². The first-order valence-corrected chi connectivity index (χ1v) is 9.46. The minimum Gasteiger partial charge on any atom is -0.464 e. The summed E-state index contributed by atoms with van der Waals surface area (Å²) in [5.41, 5.74) is 3.93. The van der Waals surface area contributed by atoms with Gasteiger partial charge in [-0.15, -0.1) is 0 Å². The fraction of sp³-hybridized carbons (Fsp3) is 0.217. The van der Waals surface area contributed by atoms with Crippen LogP contribution in [0.25, 0.3) is 11.0 Å². The molecule has 28 heavy (non-hydrogen) atoms. The summed E-state index contributed by atoms with van der Waals surface area (Å²) < 4.78 is 7.60. The fourth-order valence-electron chi connectivity index (χ4n) is 3.47. The summed E-state index contributed by atoms with van der Waals surface area (Å²) in [5, 5.41) is 4.12. The van der Waals surface area contributed by atoms with Crippen molar-refractivity contribution in [2.24, 2.45) is 7.05 Å². The maximum atomic E-state index is 12.9. The Labute approximate surface area is 164 Å². The fourth-order valence-corrected chi connectivity index (χ4v) is 3.47. The Morgan fingerprint density at radius 1 is 1.21 bits per heavy atom. The molecule has 1 amide bonds. The topological polar surface area (TPSA) is 60.1 Å². The summed E-state index contributed by atoms with van der Waals surface area (Å²) in [4.78, 5) is 17.3. The average Bonchev–Trinajstić information content (AvgIpc) is 3.32. The molecule has 0 unspecified atom stereocenters. The van der Waals surface area contributed by atoms with E-state index in [1.165, 1.54) is 5.56 Å². The van der Waals surface area contributed by atoms with Crippen LogP contribution in [-0.4, -0.2) is 15.5 Å². The molecule has 2 aromatic carbocycles. The van der Waals surface area contributed by atoms with Crippen LogP contribution in [-0.2, 0) is 24.7 Å². The van der Waals surface area contributed by atoms with Gasteiger partial charge in [-0.25, -0.2) is 4.98 Å². The number of aryl methyl sites for hydroxylation is 2. The van der Waals surface area contributed by atoms with Crippen molar-refractivity contribution in [3.05, 3.63) is 89.7 Å². The molecule has 0 spiro atoms. The molecule has 0 saturated carbocycles. The maximum Gasteiger partial charge on any atom is 0.225 e. The maximum absolute atomic E-state index is 12.9. The van der Waals surface area contributed by atoms with Gasteiger partial charge in [-0.1, -0.05) is 49.4 Å². The molecule has 0 bridgehead atoms. The Balaban J connectivity index is 1.58. The van der Waals surface area contributed by atoms with Crippen molar-refractivity contribution in [1.29, 1.82) is 0 Å². The number of rotatable bonds is 6. The number of fused-ring (bicyclic) bond motifs is 1. The van der Waals surface area contributed by atoms with E-state index in [4.69, 9.17) is 4.42 Å². The minimum atomic E-state index is -0.307. The molecule has 0 fully saturated rings. The summed E-state index contributed by atoms with van der Waals surface area (Å²) in [6, 6.07) is 15.7. The molecular weight excluding hydrogens is 350 g/mol. The Morgan fingerprint density at radius 2 is 2.04 bits per heavy atom. The second-order valence-electron chi connectivity index (χ2n) is 6.93. The predicted octanol–water partition coefficient (Wildman–Crippen LogP) is 4.18. The lowest BCUT2D eigenvalue weighted by molar-refractivity contribution is -0.121. The van der Waals surface area contributed by atoms with E-state index < -0.39 is 0 Å². The van der Waals surface area contributed by atoms with Gasteiger partial charge in [0.05, 0.1) is 12.7 Å². The molecule has 5 heteroatoms. The lowest BCUT2D eigenvalue weighted by Crippen LogP contribution is -2.32. The number of carbonyl (C=O) groups excluding carboxylic acids is 1. The highest BCUT2D eigenvalue weighted by Gasteiger charge is 2.21. The van der Waals surface area contributed by atoms with Gasteiger partial charge in [-0.3, -0.25) is 4.79 Å². The third kappa shape index (κ3) is 3.56. The molecule has 0 aliphatic rings. The number of imidazole rings is 1. The van der Waals surface area contributed by atoms with E-state index in [0.29, 0.717) is 0 Å². The van der Waals surface area contributed by atoms with Gasteiger partial charge >= 0.3 is 0 Å². The van der Waals surface area contributed by atoms with Gasteiger partial charge in [0.25, 0.3) is 0 Å². The van der Waals surface area contributed by atoms with Gasteiger partial charge in [0.1, 0.15) is 17.4 Å². The van der Waals surface area contributed by atoms with E-state index in [-0.39, 0.29) is 18.4 Å². The monoisotopic (exact) mass is 373 g/mol. The van der Waals surface area contributed by atoms with Gasteiger partial charge in [-0.05, 0) is 23.6 Å². The van der Waals surface area contributed by atoms with Crippen molar-refractivity contribution >= 4 is 16.9 Å². The highest BCUT2D eigenvalue weighted by Crippen LogP contribution is 2.24. The number of hydrogen-bond donors (Lipinski definition) is 1. The third-order valence-electron chi connectivity index (χ3n) is 5.03. The van der Waals surface area contributed by atoms with Crippen LogP contribution < -0.4 is 5.32 Å². The van der Waals surface area contributed by atoms with Gasteiger partial charge in [0.15, 0.2) is 0 Å². The van der Waals surface area contributed by atoms with Gasteiger partial charge in [0, 0.05) is 30.4 Å². The molecule has 4 rings (SSSR count). The van der Waals surface area contributed by atoms with Crippen LogP contribution in [0.4, 0.5) is 0 Å². The normalized spacial score (nSPS) is 12.2. The highest BCUT2D eigenvalue weighted by atomic mass is 16.3. The molecule has 1 atom stereocenters. The number of carbonyl (C=O) groups is 1. The number of aromatic nitrogens is 2. The summed E-state index contributed by atoms with van der Waals surface area (Å²) in [7, 11) is 1.93. The quantitative estimate of drug-likeness (QED) is 0.552. The van der Waals surface area contributed by atoms with Crippen molar-refractivity contribution in [3.8, 4) is 0 Å². The molecule has 0 saturated heterocycles. The van der Waals surface area contributed by atoms with Crippen molar-refractivity contribution in [2.45, 2.75) is 25.8 Å². The smallest absolute Gasteiger partial charge is 0.225 e. The average molecular weight is 373 g/mol. The van der Waals surface area contributed by atoms with E-state index in [2.05, 4.69) is 23.3 Å². The largest absolute Gasteiger partial charge is 0.464 e. The van der Waals surface area contributed by atoms with Crippen LogP contribution in [0.15, 0.2) is 71.6 Å². The molecule has 1 N–H and O–H groups in total. The molecule has 0 radical (unpaired) electrons. The zero-order valence-corrected chi connectivity index (χ0v) is 16.1. The van der Waals surface area contributed by atoms with Crippen LogP contribution in [0.1, 0.15) is 35.5 Å². The summed E-state index contributed by atoms with van der Waals surface area (Å²) in [6.07, 6.45) is 6.52. The third-order valence-corrected chi connectivity index (χ3v) is 5.03. The molecule has 4 aromatic rings. The number of benzene rings is 2. The molecule has 5 nitrogen and oxygen atoms in total. The molecule has 142 valence electrons. The Kier molecular flexibility index (Phi) is 4.98. The molecule has 0 aliphatic carbocycles. The Morgan fingerprint density at radius 3 is 2.75 bits per heavy atom. The van der Waals surface area contributed by atoms with Crippen LogP contribution >= 0.6 is 0 Å². The minimum absolute atomic E-state index is 0.0703. The highest BCUT2D eigenvalue weighted by molar-refractivity contribution is 5.88. The second kappa shape index (κ2) is 7.72. The van der Waals surface area contributed by atoms with Crippen LogP contribution in [0.5, 0.6) is 0 Å². The van der Waals surface area contributed by atoms with Crippen molar-refractivity contribution in [3.63, 3.8) is 0 Å². The Bertz CT molecular complexity index is 1100. The first-order chi connectivity index (χ1) is 13.7. The van der Waals surface area contributed by atoms with Crippen molar-refractivity contribution < 1.29 is 9.21 Å². The number of nitrogens with zero attached hydrogens (tertiary/aromatic N) is 2. The number of hydrogen-bond acceptors (Lipinski definition) is 3. The second-order valence-corrected chi connectivity index (χ2v) is 6.93. The van der Waals surface area contributed by atoms with Crippen LogP contribution in [0.2, 0.25) is 0 Å². The van der Waals surface area contributed by atoms with Gasteiger partial charge < -0.3 is 14.3 Å². The van der Waals surface area contributed by atoms with Crippen molar-refractivity contribution in [2.75, 3.05) is 0 Å². The molecule has 0 aliphatic heterocycles. The molecule has 2 aromatic heterocycles. The lowest BCUT2D eigenvalue weighted by atomic mass is 10.0. The number of nitrogens with one attached hydrogen (secondary N) is 1. The van der Waals surface area contributed by atoms with Crippen molar-refractivity contribution in [1.82, 2.24) is 14.9 Å². The molecular formula is C23H23N3O2. The van der Waals surface area contributed by atoms with Crippen LogP contribution in [0.3, 0.4) is 0 Å². The molecule has 2 heterocycles. The lowest BCUT2D eigenvalue weighted by Gasteiger charge is -2.19. The van der Waals surface area contributed by atoms with E-state index in [1.54, 1.807) is 12.5 Å². The summed E-state index contributed by atoms with van der Waals surface area (Å²) in [5.74, 6) is 0.725.